The molecule has 6 nitrogen and oxygen atoms in total. The van der Waals surface area contributed by atoms with Gasteiger partial charge in [-0.1, -0.05) is 0 Å². The molecule has 26 heavy (non-hydrogen) atoms. The van der Waals surface area contributed by atoms with E-state index in [0.717, 1.165) is 30.8 Å². The van der Waals surface area contributed by atoms with Crippen LogP contribution in [0.4, 0.5) is 0 Å². The molecular formula is C20H28N2O4. The highest BCUT2D eigenvalue weighted by Gasteiger charge is 2.36. The van der Waals surface area contributed by atoms with Crippen molar-refractivity contribution in [2.45, 2.75) is 53.0 Å². The van der Waals surface area contributed by atoms with Gasteiger partial charge < -0.3 is 14.2 Å². The van der Waals surface area contributed by atoms with Crippen molar-refractivity contribution in [2.24, 2.45) is 11.8 Å². The number of nitrogens with zero attached hydrogens (tertiary/aromatic N) is 2. The van der Waals surface area contributed by atoms with Crippen LogP contribution < -0.4 is 0 Å². The maximum absolute atomic E-state index is 12.4. The summed E-state index contributed by atoms with van der Waals surface area (Å²) < 4.78 is 7.36. The van der Waals surface area contributed by atoms with Crippen molar-refractivity contribution >= 4 is 17.7 Å². The standard InChI is InChI=1S/C20H28N2O4/c1-4-22-13(2)11-17(14(22)3)18(23)12-26-20(25)16-7-9-21(10-8-16)19(24)15-5-6-15/h11,15-16H,4-10,12H2,1-3H3. The fraction of sp³-hybridized carbons (Fsp3) is 0.650. The van der Waals surface area contributed by atoms with Gasteiger partial charge in [0.1, 0.15) is 0 Å². The Morgan fingerprint density at radius 3 is 2.27 bits per heavy atom. The van der Waals surface area contributed by atoms with Crippen LogP contribution in [-0.2, 0) is 20.9 Å². The molecule has 6 heteroatoms. The third kappa shape index (κ3) is 3.84. The summed E-state index contributed by atoms with van der Waals surface area (Å²) in [7, 11) is 0. The van der Waals surface area contributed by atoms with E-state index in [1.54, 1.807) is 0 Å². The highest BCUT2D eigenvalue weighted by atomic mass is 16.5. The first kappa shape index (κ1) is 18.7. The number of aryl methyl sites for hydroxylation is 1. The van der Waals surface area contributed by atoms with Crippen molar-refractivity contribution in [1.29, 1.82) is 0 Å². The van der Waals surface area contributed by atoms with Gasteiger partial charge in [0.2, 0.25) is 11.7 Å². The minimum absolute atomic E-state index is 0.160. The molecule has 0 N–H and O–H groups in total. The summed E-state index contributed by atoms with van der Waals surface area (Å²) in [5, 5.41) is 0. The lowest BCUT2D eigenvalue weighted by Crippen LogP contribution is -2.41. The Hall–Kier alpha value is -2.11. The van der Waals surface area contributed by atoms with Crippen LogP contribution in [0, 0.1) is 25.7 Å². The summed E-state index contributed by atoms with van der Waals surface area (Å²) in [4.78, 5) is 38.6. The van der Waals surface area contributed by atoms with Crippen LogP contribution in [0.1, 0.15) is 54.4 Å². The molecule has 0 unspecified atom stereocenters. The summed E-state index contributed by atoms with van der Waals surface area (Å²) in [5.41, 5.74) is 2.58. The zero-order valence-electron chi connectivity index (χ0n) is 15.9. The number of ketones is 1. The van der Waals surface area contributed by atoms with Gasteiger partial charge in [0.05, 0.1) is 5.92 Å². The van der Waals surface area contributed by atoms with Crippen LogP contribution in [-0.4, -0.2) is 46.8 Å². The molecule has 1 saturated heterocycles. The molecule has 0 aromatic carbocycles. The Balaban J connectivity index is 1.48. The highest BCUT2D eigenvalue weighted by molar-refractivity contribution is 5.99. The second kappa shape index (κ2) is 7.64. The summed E-state index contributed by atoms with van der Waals surface area (Å²) in [5.74, 6) is -0.237. The molecular weight excluding hydrogens is 332 g/mol. The molecule has 2 fully saturated rings. The molecule has 0 bridgehead atoms. The topological polar surface area (TPSA) is 68.6 Å². The van der Waals surface area contributed by atoms with Crippen molar-refractivity contribution in [1.82, 2.24) is 9.47 Å². The van der Waals surface area contributed by atoms with Crippen molar-refractivity contribution in [3.05, 3.63) is 23.0 Å². The van der Waals surface area contributed by atoms with Crippen LogP contribution in [0.2, 0.25) is 0 Å². The molecule has 0 radical (unpaired) electrons. The molecule has 1 aliphatic heterocycles. The van der Waals surface area contributed by atoms with Crippen molar-refractivity contribution < 1.29 is 19.1 Å². The second-order valence-electron chi connectivity index (χ2n) is 7.43. The number of carbonyl (C=O) groups is 3. The number of hydrogen-bond acceptors (Lipinski definition) is 4. The van der Waals surface area contributed by atoms with Crippen LogP contribution >= 0.6 is 0 Å². The normalized spacial score (nSPS) is 18.0. The Labute approximate surface area is 154 Å². The largest absolute Gasteiger partial charge is 0.457 e. The lowest BCUT2D eigenvalue weighted by atomic mass is 9.96. The Kier molecular flexibility index (Phi) is 5.49. The number of amides is 1. The molecule has 142 valence electrons. The first-order valence-electron chi connectivity index (χ1n) is 9.57. The van der Waals surface area contributed by atoms with E-state index in [4.69, 9.17) is 4.74 Å². The summed E-state index contributed by atoms with van der Waals surface area (Å²) in [6.45, 7) is 7.74. The predicted molar refractivity (Wildman–Crippen MR) is 96.9 cm³/mol. The fourth-order valence-corrected chi connectivity index (χ4v) is 3.83. The monoisotopic (exact) mass is 360 g/mol. The van der Waals surface area contributed by atoms with E-state index < -0.39 is 0 Å². The predicted octanol–water partition coefficient (Wildman–Crippen LogP) is 2.50. The first-order chi connectivity index (χ1) is 12.4. The maximum Gasteiger partial charge on any atom is 0.309 e. The minimum atomic E-state index is -0.318. The zero-order chi connectivity index (χ0) is 18.8. The van der Waals surface area contributed by atoms with Gasteiger partial charge in [-0.05, 0) is 52.5 Å². The molecule has 1 aliphatic carbocycles. The van der Waals surface area contributed by atoms with Crippen molar-refractivity contribution in [3.8, 4) is 0 Å². The second-order valence-corrected chi connectivity index (χ2v) is 7.43. The van der Waals surface area contributed by atoms with Crippen molar-refractivity contribution in [2.75, 3.05) is 19.7 Å². The molecule has 3 rings (SSSR count). The summed E-state index contributed by atoms with van der Waals surface area (Å²) >= 11 is 0. The highest BCUT2D eigenvalue weighted by Crippen LogP contribution is 2.32. The number of esters is 1. The van der Waals surface area contributed by atoms with Crippen LogP contribution in [0.5, 0.6) is 0 Å². The quantitative estimate of drug-likeness (QED) is 0.577. The molecule has 2 heterocycles. The van der Waals surface area contributed by atoms with Crippen molar-refractivity contribution in [3.63, 3.8) is 0 Å². The number of ether oxygens (including phenoxy) is 1. The van der Waals surface area contributed by atoms with Gasteiger partial charge in [0, 0.05) is 42.5 Å². The molecule has 0 spiro atoms. The SMILES string of the molecule is CCn1c(C)cc(C(=O)COC(=O)C2CCN(C(=O)C3CC3)CC2)c1C. The number of Topliss-reactive ketones (excluding diaryl/α,β-unsaturated/α-hetero) is 1. The van der Waals surface area contributed by atoms with Gasteiger partial charge in [-0.2, -0.15) is 0 Å². The average molecular weight is 360 g/mol. The van der Waals surface area contributed by atoms with E-state index in [0.29, 0.717) is 31.5 Å². The number of carbonyl (C=O) groups excluding carboxylic acids is 3. The third-order valence-electron chi connectivity index (χ3n) is 5.60. The smallest absolute Gasteiger partial charge is 0.309 e. The molecule has 1 aromatic rings. The number of aromatic nitrogens is 1. The van der Waals surface area contributed by atoms with Gasteiger partial charge in [0.25, 0.3) is 0 Å². The Bertz CT molecular complexity index is 710. The lowest BCUT2D eigenvalue weighted by molar-refractivity contribution is -0.150. The average Bonchev–Trinajstić information content (AvgIpc) is 3.44. The van der Waals surface area contributed by atoms with Gasteiger partial charge in [0.15, 0.2) is 6.61 Å². The molecule has 1 aromatic heterocycles. The fourth-order valence-electron chi connectivity index (χ4n) is 3.83. The van der Waals surface area contributed by atoms with Gasteiger partial charge in [-0.25, -0.2) is 0 Å². The lowest BCUT2D eigenvalue weighted by Gasteiger charge is -2.31. The molecule has 0 atom stereocenters. The van der Waals surface area contributed by atoms with E-state index in [1.807, 2.05) is 31.7 Å². The van der Waals surface area contributed by atoms with Crippen LogP contribution in [0.15, 0.2) is 6.07 Å². The van der Waals surface area contributed by atoms with E-state index in [2.05, 4.69) is 4.57 Å². The Morgan fingerprint density at radius 2 is 1.73 bits per heavy atom. The number of piperidine rings is 1. The van der Waals surface area contributed by atoms with E-state index in [1.165, 1.54) is 0 Å². The maximum atomic E-state index is 12.4. The minimum Gasteiger partial charge on any atom is -0.457 e. The summed E-state index contributed by atoms with van der Waals surface area (Å²) in [6, 6.07) is 1.86. The number of rotatable bonds is 6. The summed E-state index contributed by atoms with van der Waals surface area (Å²) in [6.07, 6.45) is 3.24. The molecule has 1 saturated carbocycles. The van der Waals surface area contributed by atoms with Gasteiger partial charge in [-0.3, -0.25) is 14.4 Å². The molecule has 2 aliphatic rings. The van der Waals surface area contributed by atoms with E-state index >= 15 is 0 Å². The first-order valence-corrected chi connectivity index (χ1v) is 9.57. The van der Waals surface area contributed by atoms with E-state index in [-0.39, 0.29) is 36.1 Å². The van der Waals surface area contributed by atoms with Crippen LogP contribution in [0.3, 0.4) is 0 Å². The van der Waals surface area contributed by atoms with E-state index in [9.17, 15) is 14.4 Å². The van der Waals surface area contributed by atoms with Gasteiger partial charge >= 0.3 is 5.97 Å². The Morgan fingerprint density at radius 1 is 1.08 bits per heavy atom. The number of likely N-dealkylation sites (tertiary alicyclic amines) is 1. The molecule has 1 amide bonds. The zero-order valence-corrected chi connectivity index (χ0v) is 15.9. The van der Waals surface area contributed by atoms with Gasteiger partial charge in [-0.15, -0.1) is 0 Å². The number of hydrogen-bond donors (Lipinski definition) is 0. The van der Waals surface area contributed by atoms with Crippen LogP contribution in [0.25, 0.3) is 0 Å². The third-order valence-corrected chi connectivity index (χ3v) is 5.60.